The van der Waals surface area contributed by atoms with Gasteiger partial charge in [0.05, 0.1) is 12.5 Å². The molecule has 23 heavy (non-hydrogen) atoms. The highest BCUT2D eigenvalue weighted by Crippen LogP contribution is 2.40. The molecule has 0 atom stereocenters. The van der Waals surface area contributed by atoms with Crippen LogP contribution in [0.1, 0.15) is 47.8 Å². The minimum atomic E-state index is -2.63. The van der Waals surface area contributed by atoms with Crippen LogP contribution in [0.15, 0.2) is 18.6 Å². The molecule has 1 aliphatic rings. The Hall–Kier alpha value is -2.38. The molecule has 1 fully saturated rings. The fraction of sp³-hybridized carbons (Fsp3) is 0.467. The monoisotopic (exact) mass is 322 g/mol. The highest BCUT2D eigenvalue weighted by Gasteiger charge is 2.36. The van der Waals surface area contributed by atoms with Crippen molar-refractivity contribution in [1.29, 1.82) is 0 Å². The molecule has 2 heterocycles. The summed E-state index contributed by atoms with van der Waals surface area (Å²) in [4.78, 5) is 23.7. The lowest BCUT2D eigenvalue weighted by Gasteiger charge is -2.28. The van der Waals surface area contributed by atoms with Crippen molar-refractivity contribution in [2.24, 2.45) is 7.05 Å². The summed E-state index contributed by atoms with van der Waals surface area (Å²) < 4.78 is 28.3. The van der Waals surface area contributed by atoms with E-state index in [1.165, 1.54) is 6.07 Å². The first kappa shape index (κ1) is 15.5. The number of hydrogen-bond acceptors (Lipinski definition) is 4. The zero-order chi connectivity index (χ0) is 16.6. The van der Waals surface area contributed by atoms with Gasteiger partial charge in [0.1, 0.15) is 5.69 Å². The van der Waals surface area contributed by atoms with Crippen molar-refractivity contribution < 1.29 is 18.7 Å². The normalized spacial score (nSPS) is 18.0. The lowest BCUT2D eigenvalue weighted by Crippen LogP contribution is -2.24. The van der Waals surface area contributed by atoms with Crippen LogP contribution >= 0.6 is 0 Å². The number of aromatic nitrogens is 4. The molecule has 2 aromatic rings. The molecular formula is C15H16F2N4O2. The third kappa shape index (κ3) is 3.20. The van der Waals surface area contributed by atoms with Crippen LogP contribution in [0.5, 0.6) is 0 Å². The fourth-order valence-corrected chi connectivity index (χ4v) is 2.81. The summed E-state index contributed by atoms with van der Waals surface area (Å²) in [5.74, 6) is -3.73. The molecule has 2 aromatic heterocycles. The number of nitrogens with zero attached hydrogens (tertiary/aromatic N) is 4. The second-order valence-corrected chi connectivity index (χ2v) is 5.83. The van der Waals surface area contributed by atoms with E-state index in [0.29, 0.717) is 11.4 Å². The first-order valence-electron chi connectivity index (χ1n) is 7.32. The largest absolute Gasteiger partial charge is 0.477 e. The van der Waals surface area contributed by atoms with E-state index in [1.807, 2.05) is 0 Å². The molecular weight excluding hydrogens is 306 g/mol. The Balaban J connectivity index is 1.99. The fourth-order valence-electron chi connectivity index (χ4n) is 2.81. The molecule has 1 saturated carbocycles. The highest BCUT2D eigenvalue weighted by molar-refractivity contribution is 5.86. The average Bonchev–Trinajstić information content (AvgIpc) is 2.93. The summed E-state index contributed by atoms with van der Waals surface area (Å²) in [6.45, 7) is 0. The number of aromatic carboxylic acids is 1. The lowest BCUT2D eigenvalue weighted by molar-refractivity contribution is -0.0385. The second-order valence-electron chi connectivity index (χ2n) is 5.83. The first-order valence-corrected chi connectivity index (χ1v) is 7.32. The molecule has 0 saturated heterocycles. The van der Waals surface area contributed by atoms with Crippen molar-refractivity contribution >= 4 is 5.97 Å². The zero-order valence-corrected chi connectivity index (χ0v) is 12.5. The van der Waals surface area contributed by atoms with E-state index in [9.17, 15) is 18.7 Å². The number of halogens is 2. The summed E-state index contributed by atoms with van der Waals surface area (Å²) in [5, 5.41) is 9.25. The Kier molecular flexibility index (Phi) is 3.83. The molecule has 0 aliphatic heterocycles. The van der Waals surface area contributed by atoms with Crippen molar-refractivity contribution in [3.05, 3.63) is 30.0 Å². The number of alkyl halides is 2. The van der Waals surface area contributed by atoms with Crippen molar-refractivity contribution in [1.82, 2.24) is 19.5 Å². The number of imidazole rings is 1. The van der Waals surface area contributed by atoms with Crippen molar-refractivity contribution in [3.8, 4) is 11.5 Å². The third-order valence-electron chi connectivity index (χ3n) is 4.15. The molecule has 0 radical (unpaired) electrons. The highest BCUT2D eigenvalue weighted by atomic mass is 19.3. The Morgan fingerprint density at radius 1 is 1.35 bits per heavy atom. The standard InChI is InChI=1S/C15H16F2N4O2/c1-21-8-18-7-12(21)13-19-10(6-11(20-13)14(22)23)9-2-4-15(16,17)5-3-9/h6-9H,2-5H2,1H3,(H,22,23). The van der Waals surface area contributed by atoms with Crippen LogP contribution in [0.2, 0.25) is 0 Å². The predicted octanol–water partition coefficient (Wildman–Crippen LogP) is 2.87. The van der Waals surface area contributed by atoms with E-state index in [-0.39, 0.29) is 43.1 Å². The van der Waals surface area contributed by atoms with E-state index < -0.39 is 11.9 Å². The van der Waals surface area contributed by atoms with Gasteiger partial charge in [-0.15, -0.1) is 0 Å². The van der Waals surface area contributed by atoms with Gasteiger partial charge in [-0.1, -0.05) is 0 Å². The molecule has 1 N–H and O–H groups in total. The summed E-state index contributed by atoms with van der Waals surface area (Å²) in [6, 6.07) is 1.39. The van der Waals surface area contributed by atoms with Gasteiger partial charge in [0, 0.05) is 31.5 Å². The van der Waals surface area contributed by atoms with Crippen LogP contribution in [0, 0.1) is 0 Å². The summed E-state index contributed by atoms with van der Waals surface area (Å²) in [7, 11) is 1.75. The topological polar surface area (TPSA) is 80.9 Å². The SMILES string of the molecule is Cn1cncc1-c1nc(C(=O)O)cc(C2CCC(F)(F)CC2)n1. The Morgan fingerprint density at radius 3 is 2.61 bits per heavy atom. The van der Waals surface area contributed by atoms with Crippen LogP contribution in [0.25, 0.3) is 11.5 Å². The summed E-state index contributed by atoms with van der Waals surface area (Å²) in [5.41, 5.74) is 0.947. The van der Waals surface area contributed by atoms with Crippen LogP contribution in [-0.2, 0) is 7.05 Å². The molecule has 122 valence electrons. The smallest absolute Gasteiger partial charge is 0.354 e. The lowest BCUT2D eigenvalue weighted by atomic mass is 9.84. The Labute approximate surface area is 131 Å². The van der Waals surface area contributed by atoms with E-state index in [4.69, 9.17) is 0 Å². The maximum atomic E-state index is 13.3. The van der Waals surface area contributed by atoms with Gasteiger partial charge in [-0.25, -0.2) is 28.5 Å². The number of carbonyl (C=O) groups is 1. The molecule has 0 unspecified atom stereocenters. The van der Waals surface area contributed by atoms with Gasteiger partial charge in [0.25, 0.3) is 0 Å². The Morgan fingerprint density at radius 2 is 2.04 bits per heavy atom. The molecule has 0 bridgehead atoms. The molecule has 0 amide bonds. The van der Waals surface area contributed by atoms with Crippen LogP contribution < -0.4 is 0 Å². The van der Waals surface area contributed by atoms with E-state index >= 15 is 0 Å². The van der Waals surface area contributed by atoms with E-state index in [0.717, 1.165) is 0 Å². The van der Waals surface area contributed by atoms with Gasteiger partial charge in [-0.3, -0.25) is 0 Å². The minimum Gasteiger partial charge on any atom is -0.477 e. The molecule has 6 nitrogen and oxygen atoms in total. The number of carboxylic acids is 1. The van der Waals surface area contributed by atoms with Crippen molar-refractivity contribution in [2.45, 2.75) is 37.5 Å². The van der Waals surface area contributed by atoms with Gasteiger partial charge < -0.3 is 9.67 Å². The number of hydrogen-bond donors (Lipinski definition) is 1. The maximum absolute atomic E-state index is 13.3. The molecule has 3 rings (SSSR count). The average molecular weight is 322 g/mol. The first-order chi connectivity index (χ1) is 10.9. The third-order valence-corrected chi connectivity index (χ3v) is 4.15. The van der Waals surface area contributed by atoms with E-state index in [2.05, 4.69) is 15.0 Å². The van der Waals surface area contributed by atoms with Crippen molar-refractivity contribution in [2.75, 3.05) is 0 Å². The van der Waals surface area contributed by atoms with Gasteiger partial charge in [-0.05, 0) is 18.9 Å². The van der Waals surface area contributed by atoms with E-state index in [1.54, 1.807) is 24.1 Å². The molecule has 0 aromatic carbocycles. The summed E-state index contributed by atoms with van der Waals surface area (Å²) in [6.07, 6.45) is 3.27. The van der Waals surface area contributed by atoms with Crippen LogP contribution in [0.3, 0.4) is 0 Å². The minimum absolute atomic E-state index is 0.136. The van der Waals surface area contributed by atoms with Gasteiger partial charge >= 0.3 is 5.97 Å². The zero-order valence-electron chi connectivity index (χ0n) is 12.5. The predicted molar refractivity (Wildman–Crippen MR) is 77.3 cm³/mol. The van der Waals surface area contributed by atoms with Crippen LogP contribution in [0.4, 0.5) is 8.78 Å². The maximum Gasteiger partial charge on any atom is 0.354 e. The quantitative estimate of drug-likeness (QED) is 0.940. The number of rotatable bonds is 3. The molecule has 0 spiro atoms. The second kappa shape index (κ2) is 5.68. The van der Waals surface area contributed by atoms with Gasteiger partial charge in [-0.2, -0.15) is 0 Å². The van der Waals surface area contributed by atoms with Gasteiger partial charge in [0.2, 0.25) is 5.92 Å². The Bertz CT molecular complexity index is 735. The number of aryl methyl sites for hydroxylation is 1. The summed E-state index contributed by atoms with van der Waals surface area (Å²) >= 11 is 0. The van der Waals surface area contributed by atoms with Crippen LogP contribution in [-0.4, -0.2) is 36.5 Å². The molecule has 1 aliphatic carbocycles. The van der Waals surface area contributed by atoms with Crippen molar-refractivity contribution in [3.63, 3.8) is 0 Å². The number of carboxylic acid groups (broad SMARTS) is 1. The van der Waals surface area contributed by atoms with Gasteiger partial charge in [0.15, 0.2) is 11.5 Å². The molecule has 8 heteroatoms.